The summed E-state index contributed by atoms with van der Waals surface area (Å²) < 4.78 is 0. The molecule has 2 aromatic heterocycles. The minimum Gasteiger partial charge on any atom is -0.368 e. The number of nitrogens with zero attached hydrogens (tertiary/aromatic N) is 6. The number of hydrogen-bond donors (Lipinski definition) is 1. The molecule has 1 fully saturated rings. The van der Waals surface area contributed by atoms with Crippen molar-refractivity contribution in [2.45, 2.75) is 13.5 Å². The zero-order valence-corrected chi connectivity index (χ0v) is 15.4. The van der Waals surface area contributed by atoms with Crippen LogP contribution in [0.5, 0.6) is 0 Å². The van der Waals surface area contributed by atoms with Gasteiger partial charge in [0.1, 0.15) is 0 Å². The van der Waals surface area contributed by atoms with Gasteiger partial charge >= 0.3 is 0 Å². The van der Waals surface area contributed by atoms with Gasteiger partial charge in [-0.25, -0.2) is 19.9 Å². The molecule has 3 aromatic rings. The van der Waals surface area contributed by atoms with Gasteiger partial charge in [0.15, 0.2) is 0 Å². The van der Waals surface area contributed by atoms with Gasteiger partial charge in [0.25, 0.3) is 0 Å². The van der Waals surface area contributed by atoms with E-state index in [2.05, 4.69) is 54.0 Å². The molecule has 7 nitrogen and oxygen atoms in total. The molecule has 4 rings (SSSR count). The maximum absolute atomic E-state index is 5.76. The van der Waals surface area contributed by atoms with Crippen LogP contribution in [0.15, 0.2) is 48.8 Å². The molecular weight excluding hydrogens is 338 g/mol. The molecule has 0 atom stereocenters. The van der Waals surface area contributed by atoms with Crippen LogP contribution in [0.4, 0.5) is 11.9 Å². The second-order valence-corrected chi connectivity index (χ2v) is 6.76. The van der Waals surface area contributed by atoms with Gasteiger partial charge in [0.2, 0.25) is 11.9 Å². The molecule has 7 heteroatoms. The Hall–Kier alpha value is -3.06. The van der Waals surface area contributed by atoms with Gasteiger partial charge in [0.05, 0.1) is 5.69 Å². The van der Waals surface area contributed by atoms with Crippen molar-refractivity contribution in [3.8, 4) is 11.3 Å². The highest BCUT2D eigenvalue weighted by molar-refractivity contribution is 5.60. The first-order chi connectivity index (χ1) is 13.2. The molecule has 3 heterocycles. The Morgan fingerprint density at radius 1 is 0.963 bits per heavy atom. The van der Waals surface area contributed by atoms with Crippen LogP contribution in [-0.4, -0.2) is 51.0 Å². The number of anilines is 2. The van der Waals surface area contributed by atoms with Crippen LogP contribution in [0.3, 0.4) is 0 Å². The van der Waals surface area contributed by atoms with Crippen molar-refractivity contribution in [2.24, 2.45) is 0 Å². The molecule has 0 unspecified atom stereocenters. The highest BCUT2D eigenvalue weighted by atomic mass is 15.3. The Morgan fingerprint density at radius 3 is 2.33 bits per heavy atom. The van der Waals surface area contributed by atoms with Crippen molar-refractivity contribution in [3.05, 3.63) is 60.0 Å². The summed E-state index contributed by atoms with van der Waals surface area (Å²) in [5, 5.41) is 0. The summed E-state index contributed by atoms with van der Waals surface area (Å²) in [4.78, 5) is 21.8. The van der Waals surface area contributed by atoms with E-state index in [0.717, 1.165) is 55.6 Å². The van der Waals surface area contributed by atoms with E-state index in [1.807, 2.05) is 19.1 Å². The van der Waals surface area contributed by atoms with Crippen LogP contribution in [0, 0.1) is 6.92 Å². The Bertz CT molecular complexity index is 868. The largest absolute Gasteiger partial charge is 0.368 e. The first-order valence-electron chi connectivity index (χ1n) is 9.12. The number of hydrogen-bond acceptors (Lipinski definition) is 7. The smallest absolute Gasteiger partial charge is 0.225 e. The van der Waals surface area contributed by atoms with Gasteiger partial charge in [-0.3, -0.25) is 4.90 Å². The molecule has 0 amide bonds. The Morgan fingerprint density at radius 2 is 1.67 bits per heavy atom. The van der Waals surface area contributed by atoms with Crippen molar-refractivity contribution in [3.63, 3.8) is 0 Å². The quantitative estimate of drug-likeness (QED) is 0.762. The molecule has 1 saturated heterocycles. The van der Waals surface area contributed by atoms with Gasteiger partial charge in [-0.15, -0.1) is 0 Å². The van der Waals surface area contributed by atoms with Gasteiger partial charge in [-0.2, -0.15) is 0 Å². The van der Waals surface area contributed by atoms with Crippen LogP contribution in [0.25, 0.3) is 11.3 Å². The highest BCUT2D eigenvalue weighted by Crippen LogP contribution is 2.20. The molecule has 2 N–H and O–H groups in total. The zero-order valence-electron chi connectivity index (χ0n) is 15.4. The standard InChI is InChI=1S/C20H23N7/c1-15-13-18(25-19(21)24-15)17-5-3-16(4-6-17)14-26-9-11-27(12-10-26)20-22-7-2-8-23-20/h2-8,13H,9-12,14H2,1H3,(H2,21,24,25). The Balaban J connectivity index is 1.37. The van der Waals surface area contributed by atoms with E-state index in [1.165, 1.54) is 5.56 Å². The predicted molar refractivity (Wildman–Crippen MR) is 106 cm³/mol. The second-order valence-electron chi connectivity index (χ2n) is 6.76. The maximum atomic E-state index is 5.76. The zero-order chi connectivity index (χ0) is 18.6. The van der Waals surface area contributed by atoms with E-state index in [1.54, 1.807) is 12.4 Å². The van der Waals surface area contributed by atoms with Crippen LogP contribution in [0.1, 0.15) is 11.3 Å². The monoisotopic (exact) mass is 361 g/mol. The molecular formula is C20H23N7. The predicted octanol–water partition coefficient (Wildman–Crippen LogP) is 2.15. The SMILES string of the molecule is Cc1cc(-c2ccc(CN3CCN(c4ncccn4)CC3)cc2)nc(N)n1. The fraction of sp³-hybridized carbons (Fsp3) is 0.300. The third-order valence-electron chi connectivity index (χ3n) is 4.73. The van der Waals surface area contributed by atoms with E-state index >= 15 is 0 Å². The molecule has 138 valence electrons. The molecule has 1 aromatic carbocycles. The molecule has 27 heavy (non-hydrogen) atoms. The molecule has 0 spiro atoms. The summed E-state index contributed by atoms with van der Waals surface area (Å²) >= 11 is 0. The minimum absolute atomic E-state index is 0.314. The molecule has 0 bridgehead atoms. The lowest BCUT2D eigenvalue weighted by Gasteiger charge is -2.34. The van der Waals surface area contributed by atoms with Crippen molar-refractivity contribution < 1.29 is 0 Å². The lowest BCUT2D eigenvalue weighted by Crippen LogP contribution is -2.46. The molecule has 0 radical (unpaired) electrons. The fourth-order valence-electron chi connectivity index (χ4n) is 3.34. The van der Waals surface area contributed by atoms with E-state index in [-0.39, 0.29) is 0 Å². The molecule has 0 aliphatic carbocycles. The lowest BCUT2D eigenvalue weighted by atomic mass is 10.1. The van der Waals surface area contributed by atoms with E-state index < -0.39 is 0 Å². The number of nitrogens with two attached hydrogens (primary N) is 1. The van der Waals surface area contributed by atoms with Crippen LogP contribution >= 0.6 is 0 Å². The number of rotatable bonds is 4. The Kier molecular flexibility index (Phi) is 4.93. The summed E-state index contributed by atoms with van der Waals surface area (Å²) in [6.45, 7) is 6.76. The summed E-state index contributed by atoms with van der Waals surface area (Å²) in [5.74, 6) is 1.13. The van der Waals surface area contributed by atoms with E-state index in [0.29, 0.717) is 5.95 Å². The van der Waals surface area contributed by atoms with E-state index in [9.17, 15) is 0 Å². The number of nitrogen functional groups attached to an aromatic ring is 1. The van der Waals surface area contributed by atoms with Gasteiger partial charge in [-0.05, 0) is 24.6 Å². The number of aryl methyl sites for hydroxylation is 1. The van der Waals surface area contributed by atoms with Crippen molar-refractivity contribution in [1.82, 2.24) is 24.8 Å². The average Bonchev–Trinajstić information content (AvgIpc) is 2.69. The van der Waals surface area contributed by atoms with Gasteiger partial charge in [0, 0.05) is 56.4 Å². The van der Waals surface area contributed by atoms with E-state index in [4.69, 9.17) is 5.73 Å². The third-order valence-corrected chi connectivity index (χ3v) is 4.73. The summed E-state index contributed by atoms with van der Waals surface area (Å²) in [6, 6.07) is 12.3. The topological polar surface area (TPSA) is 84.1 Å². The molecule has 0 saturated carbocycles. The summed E-state index contributed by atoms with van der Waals surface area (Å²) in [7, 11) is 0. The summed E-state index contributed by atoms with van der Waals surface area (Å²) in [6.07, 6.45) is 3.59. The lowest BCUT2D eigenvalue weighted by molar-refractivity contribution is 0.248. The molecule has 1 aliphatic heterocycles. The van der Waals surface area contributed by atoms with Crippen molar-refractivity contribution >= 4 is 11.9 Å². The Labute approximate surface area is 158 Å². The number of benzene rings is 1. The first-order valence-corrected chi connectivity index (χ1v) is 9.12. The fourth-order valence-corrected chi connectivity index (χ4v) is 3.34. The van der Waals surface area contributed by atoms with Crippen molar-refractivity contribution in [1.29, 1.82) is 0 Å². The van der Waals surface area contributed by atoms with Crippen LogP contribution in [0.2, 0.25) is 0 Å². The number of aromatic nitrogens is 4. The number of piperazine rings is 1. The average molecular weight is 361 g/mol. The first kappa shape index (κ1) is 17.4. The molecule has 1 aliphatic rings. The van der Waals surface area contributed by atoms with Crippen LogP contribution < -0.4 is 10.6 Å². The maximum Gasteiger partial charge on any atom is 0.225 e. The summed E-state index contributed by atoms with van der Waals surface area (Å²) in [5.41, 5.74) is 9.85. The van der Waals surface area contributed by atoms with Crippen LogP contribution in [-0.2, 0) is 6.54 Å². The highest BCUT2D eigenvalue weighted by Gasteiger charge is 2.18. The normalized spacial score (nSPS) is 15.1. The van der Waals surface area contributed by atoms with Gasteiger partial charge in [-0.1, -0.05) is 24.3 Å². The van der Waals surface area contributed by atoms with Crippen molar-refractivity contribution in [2.75, 3.05) is 36.8 Å². The minimum atomic E-state index is 0.314. The third kappa shape index (κ3) is 4.20. The van der Waals surface area contributed by atoms with Gasteiger partial charge < -0.3 is 10.6 Å². The second kappa shape index (κ2) is 7.67.